The van der Waals surface area contributed by atoms with Crippen LogP contribution in [0.4, 0.5) is 16.5 Å². The summed E-state index contributed by atoms with van der Waals surface area (Å²) in [6.45, 7) is 1.45. The zero-order valence-electron chi connectivity index (χ0n) is 23.2. The van der Waals surface area contributed by atoms with E-state index >= 15 is 0 Å². The van der Waals surface area contributed by atoms with E-state index in [0.29, 0.717) is 58.8 Å². The van der Waals surface area contributed by atoms with Crippen molar-refractivity contribution in [2.45, 2.75) is 38.5 Å². The topological polar surface area (TPSA) is 109 Å². The van der Waals surface area contributed by atoms with E-state index in [9.17, 15) is 19.2 Å². The molecule has 0 fully saturated rings. The van der Waals surface area contributed by atoms with E-state index in [1.807, 2.05) is 29.6 Å². The molecule has 0 aliphatic heterocycles. The minimum Gasteiger partial charge on any atom is -0.372 e. The lowest BCUT2D eigenvalue weighted by Gasteiger charge is -2.25. The van der Waals surface area contributed by atoms with Crippen molar-refractivity contribution in [1.29, 1.82) is 0 Å². The number of aromatic nitrogens is 1. The second kappa shape index (κ2) is 16.0. The summed E-state index contributed by atoms with van der Waals surface area (Å²) in [5.41, 5.74) is 3.50. The van der Waals surface area contributed by atoms with Gasteiger partial charge in [0.1, 0.15) is 0 Å². The number of hydrogen-bond donors (Lipinski definition) is 0. The largest absolute Gasteiger partial charge is 0.372 e. The third-order valence-electron chi connectivity index (χ3n) is 6.83. The molecule has 0 radical (unpaired) electrons. The number of hydrogen-bond acceptors (Lipinski definition) is 9. The molecule has 1 aromatic heterocycles. The van der Waals surface area contributed by atoms with Crippen LogP contribution in [-0.2, 0) is 0 Å². The van der Waals surface area contributed by atoms with Crippen molar-refractivity contribution >= 4 is 52.0 Å². The summed E-state index contributed by atoms with van der Waals surface area (Å²) in [7, 11) is 0. The molecule has 42 heavy (non-hydrogen) atoms. The summed E-state index contributed by atoms with van der Waals surface area (Å²) in [6.07, 6.45) is 6.78. The van der Waals surface area contributed by atoms with Gasteiger partial charge in [0.15, 0.2) is 24.1 Å². The highest BCUT2D eigenvalue weighted by atomic mass is 32.1. The molecule has 0 saturated heterocycles. The summed E-state index contributed by atoms with van der Waals surface area (Å²) < 4.78 is 0. The standard InChI is InChI=1S/C33H32N4O4S/c38-23-25-9-1-3-11-29(25)31(40)13-5-7-20-37(21-8-6-14-32(41)30-12-4-2-10-26(30)24-39)28-17-15-27(16-18-28)35-36-33-34-19-22-42-33/h1-4,9-12,15-19,22-24H,5-8,13-14,20-21H2. The SMILES string of the molecule is O=Cc1ccccc1C(=O)CCCCN(CCCCC(=O)c1ccccc1C=O)c1ccc(N=Nc2nccs2)cc1. The Morgan fingerprint density at radius 3 is 1.76 bits per heavy atom. The number of carbonyl (C=O) groups is 4. The van der Waals surface area contributed by atoms with Gasteiger partial charge >= 0.3 is 0 Å². The molecule has 0 atom stereocenters. The molecule has 0 aliphatic rings. The summed E-state index contributed by atoms with van der Waals surface area (Å²) in [6, 6.07) is 21.5. The van der Waals surface area contributed by atoms with Crippen LogP contribution >= 0.6 is 11.3 Å². The van der Waals surface area contributed by atoms with Crippen molar-refractivity contribution in [2.75, 3.05) is 18.0 Å². The van der Waals surface area contributed by atoms with E-state index in [-0.39, 0.29) is 11.6 Å². The first kappa shape index (κ1) is 30.3. The van der Waals surface area contributed by atoms with Crippen LogP contribution in [0.25, 0.3) is 0 Å². The Balaban J connectivity index is 1.35. The monoisotopic (exact) mass is 580 g/mol. The molecule has 214 valence electrons. The van der Waals surface area contributed by atoms with Gasteiger partial charge in [0.05, 0.1) is 5.69 Å². The summed E-state index contributed by atoms with van der Waals surface area (Å²) in [5.74, 6) is -0.0679. The van der Waals surface area contributed by atoms with Gasteiger partial charge < -0.3 is 4.90 Å². The number of aldehydes is 2. The number of anilines is 1. The Labute approximate surface area is 249 Å². The van der Waals surface area contributed by atoms with E-state index in [0.717, 1.165) is 44.2 Å². The van der Waals surface area contributed by atoms with E-state index in [2.05, 4.69) is 20.1 Å². The van der Waals surface area contributed by atoms with Crippen LogP contribution < -0.4 is 4.90 Å². The second-order valence-corrected chi connectivity index (χ2v) is 10.6. The molecule has 0 spiro atoms. The van der Waals surface area contributed by atoms with Crippen molar-refractivity contribution in [3.05, 3.63) is 107 Å². The second-order valence-electron chi connectivity index (χ2n) is 9.69. The fourth-order valence-corrected chi connectivity index (χ4v) is 5.07. The predicted octanol–water partition coefficient (Wildman–Crippen LogP) is 8.10. The lowest BCUT2D eigenvalue weighted by Crippen LogP contribution is -2.26. The maximum Gasteiger partial charge on any atom is 0.229 e. The van der Waals surface area contributed by atoms with Crippen molar-refractivity contribution in [1.82, 2.24) is 4.98 Å². The molecule has 3 aromatic carbocycles. The Morgan fingerprint density at radius 1 is 0.714 bits per heavy atom. The van der Waals surface area contributed by atoms with Crippen LogP contribution in [0.1, 0.15) is 80.0 Å². The van der Waals surface area contributed by atoms with Crippen LogP contribution in [0.15, 0.2) is 94.6 Å². The zero-order chi connectivity index (χ0) is 29.6. The number of rotatable bonds is 17. The fourth-order valence-electron chi connectivity index (χ4n) is 4.62. The number of thiazole rings is 1. The zero-order valence-corrected chi connectivity index (χ0v) is 24.0. The predicted molar refractivity (Wildman–Crippen MR) is 165 cm³/mol. The smallest absolute Gasteiger partial charge is 0.229 e. The van der Waals surface area contributed by atoms with E-state index in [1.54, 1.807) is 54.7 Å². The Kier molecular flexibility index (Phi) is 11.5. The van der Waals surface area contributed by atoms with Crippen molar-refractivity contribution in [3.63, 3.8) is 0 Å². The van der Waals surface area contributed by atoms with Gasteiger partial charge in [-0.3, -0.25) is 19.2 Å². The van der Waals surface area contributed by atoms with Crippen LogP contribution in [0.3, 0.4) is 0 Å². The molecule has 4 aromatic rings. The van der Waals surface area contributed by atoms with E-state index in [1.165, 1.54) is 11.3 Å². The van der Waals surface area contributed by atoms with E-state index < -0.39 is 0 Å². The highest BCUT2D eigenvalue weighted by Crippen LogP contribution is 2.24. The maximum atomic E-state index is 12.7. The normalized spacial score (nSPS) is 11.0. The quantitative estimate of drug-likeness (QED) is 0.0540. The average Bonchev–Trinajstić information content (AvgIpc) is 3.57. The highest BCUT2D eigenvalue weighted by molar-refractivity contribution is 7.13. The first-order valence-electron chi connectivity index (χ1n) is 13.9. The van der Waals surface area contributed by atoms with Crippen LogP contribution in [0, 0.1) is 0 Å². The number of azo groups is 1. The Morgan fingerprint density at radius 2 is 1.26 bits per heavy atom. The van der Waals surface area contributed by atoms with Crippen LogP contribution in [0.2, 0.25) is 0 Å². The fraction of sp³-hybridized carbons (Fsp3) is 0.242. The van der Waals surface area contributed by atoms with Gasteiger partial charge in [-0.15, -0.1) is 21.6 Å². The number of nitrogens with zero attached hydrogens (tertiary/aromatic N) is 4. The third kappa shape index (κ3) is 8.68. The van der Waals surface area contributed by atoms with Gasteiger partial charge in [-0.1, -0.05) is 48.5 Å². The lowest BCUT2D eigenvalue weighted by atomic mass is 10.00. The molecular weight excluding hydrogens is 548 g/mol. The highest BCUT2D eigenvalue weighted by Gasteiger charge is 2.13. The average molecular weight is 581 g/mol. The minimum atomic E-state index is -0.0340. The van der Waals surface area contributed by atoms with Gasteiger partial charge in [0, 0.05) is 65.4 Å². The Hall–Kier alpha value is -4.63. The van der Waals surface area contributed by atoms with Crippen LogP contribution in [0.5, 0.6) is 0 Å². The van der Waals surface area contributed by atoms with Gasteiger partial charge in [-0.2, -0.15) is 0 Å². The first-order chi connectivity index (χ1) is 20.6. The number of Topliss-reactive ketones (excluding diaryl/α,β-unsaturated/α-hetero) is 2. The minimum absolute atomic E-state index is 0.0340. The number of benzene rings is 3. The molecule has 0 amide bonds. The van der Waals surface area contributed by atoms with Crippen molar-refractivity contribution < 1.29 is 19.2 Å². The van der Waals surface area contributed by atoms with Gasteiger partial charge in [0.25, 0.3) is 0 Å². The third-order valence-corrected chi connectivity index (χ3v) is 7.48. The maximum absolute atomic E-state index is 12.7. The summed E-state index contributed by atoms with van der Waals surface area (Å²) in [5, 5.41) is 10.8. The lowest BCUT2D eigenvalue weighted by molar-refractivity contribution is 0.0968. The molecule has 0 bridgehead atoms. The molecule has 0 aliphatic carbocycles. The number of carbonyl (C=O) groups excluding carboxylic acids is 4. The summed E-state index contributed by atoms with van der Waals surface area (Å²) in [4.78, 5) is 54.4. The number of ketones is 2. The van der Waals surface area contributed by atoms with Gasteiger partial charge in [0.2, 0.25) is 5.13 Å². The molecule has 8 nitrogen and oxygen atoms in total. The number of unbranched alkanes of at least 4 members (excludes halogenated alkanes) is 2. The van der Waals surface area contributed by atoms with Gasteiger partial charge in [-0.05, 0) is 49.9 Å². The molecule has 1 heterocycles. The van der Waals surface area contributed by atoms with Crippen LogP contribution in [-0.4, -0.2) is 42.2 Å². The summed E-state index contributed by atoms with van der Waals surface area (Å²) >= 11 is 1.42. The first-order valence-corrected chi connectivity index (χ1v) is 14.8. The molecule has 0 N–H and O–H groups in total. The Bertz CT molecular complexity index is 1450. The van der Waals surface area contributed by atoms with Gasteiger partial charge in [-0.25, -0.2) is 4.98 Å². The molecule has 0 saturated carbocycles. The van der Waals surface area contributed by atoms with Crippen molar-refractivity contribution in [2.24, 2.45) is 10.2 Å². The molecule has 0 unspecified atom stereocenters. The van der Waals surface area contributed by atoms with E-state index in [4.69, 9.17) is 0 Å². The van der Waals surface area contributed by atoms with Crippen molar-refractivity contribution in [3.8, 4) is 0 Å². The molecule has 9 heteroatoms. The molecule has 4 rings (SSSR count). The molecular formula is C33H32N4O4S.